The first kappa shape index (κ1) is 21.4. The molecule has 166 valence electrons. The molecule has 2 heterocycles. The third kappa shape index (κ3) is 4.31. The third-order valence-corrected chi connectivity index (χ3v) is 7.00. The topological polar surface area (TPSA) is 90.5 Å². The summed E-state index contributed by atoms with van der Waals surface area (Å²) in [6.07, 6.45) is 11.1. The standard InChI is InChI=1S/C24H32N4O3/c1-31-21-9-7-19(8-10-21)24(12-3-2-4-13-24)23(30)27-14-5-6-20(11-15-27)28-17-18(16-26-28)22(25)29/h7-10,16-17,20H,2-6,11-15H2,1H3,(H2,25,29). The number of amides is 2. The molecule has 1 atom stereocenters. The van der Waals surface area contributed by atoms with Crippen LogP contribution in [0.3, 0.4) is 0 Å². The summed E-state index contributed by atoms with van der Waals surface area (Å²) >= 11 is 0. The van der Waals surface area contributed by atoms with Crippen LogP contribution in [0.5, 0.6) is 5.75 Å². The van der Waals surface area contributed by atoms with Crippen molar-refractivity contribution in [2.24, 2.45) is 5.73 Å². The summed E-state index contributed by atoms with van der Waals surface area (Å²) in [6, 6.07) is 8.24. The van der Waals surface area contributed by atoms with Crippen LogP contribution in [0.25, 0.3) is 0 Å². The van der Waals surface area contributed by atoms with Gasteiger partial charge in [0.15, 0.2) is 0 Å². The van der Waals surface area contributed by atoms with Gasteiger partial charge in [-0.2, -0.15) is 5.10 Å². The summed E-state index contributed by atoms with van der Waals surface area (Å²) in [7, 11) is 1.66. The highest BCUT2D eigenvalue weighted by molar-refractivity contribution is 5.92. The van der Waals surface area contributed by atoms with Gasteiger partial charge in [-0.3, -0.25) is 14.3 Å². The molecule has 0 radical (unpaired) electrons. The van der Waals surface area contributed by atoms with E-state index >= 15 is 0 Å². The molecule has 2 N–H and O–H groups in total. The molecule has 2 fully saturated rings. The molecule has 2 aromatic rings. The Bertz CT molecular complexity index is 915. The maximum atomic E-state index is 13.9. The molecular formula is C24H32N4O3. The number of nitrogens with zero attached hydrogens (tertiary/aromatic N) is 3. The van der Waals surface area contributed by atoms with Crippen molar-refractivity contribution in [1.29, 1.82) is 0 Å². The highest BCUT2D eigenvalue weighted by atomic mass is 16.5. The number of hydrogen-bond acceptors (Lipinski definition) is 4. The van der Waals surface area contributed by atoms with Crippen LogP contribution >= 0.6 is 0 Å². The molecule has 1 aromatic heterocycles. The summed E-state index contributed by atoms with van der Waals surface area (Å²) in [6.45, 7) is 1.46. The average Bonchev–Trinajstić information content (AvgIpc) is 3.18. The minimum Gasteiger partial charge on any atom is -0.497 e. The second kappa shape index (κ2) is 9.12. The van der Waals surface area contributed by atoms with Gasteiger partial charge in [0.25, 0.3) is 5.91 Å². The molecule has 2 amide bonds. The van der Waals surface area contributed by atoms with Gasteiger partial charge in [-0.15, -0.1) is 0 Å². The van der Waals surface area contributed by atoms with Gasteiger partial charge in [-0.1, -0.05) is 31.4 Å². The number of carbonyl (C=O) groups excluding carboxylic acids is 2. The lowest BCUT2D eigenvalue weighted by atomic mass is 9.68. The van der Waals surface area contributed by atoms with Crippen LogP contribution in [-0.4, -0.2) is 46.7 Å². The molecule has 1 saturated heterocycles. The molecule has 7 heteroatoms. The number of methoxy groups -OCH3 is 1. The Hall–Kier alpha value is -2.83. The minimum absolute atomic E-state index is 0.175. The fraction of sp³-hybridized carbons (Fsp3) is 0.542. The fourth-order valence-corrected chi connectivity index (χ4v) is 5.21. The summed E-state index contributed by atoms with van der Waals surface area (Å²) in [5.74, 6) is 0.612. The summed E-state index contributed by atoms with van der Waals surface area (Å²) in [4.78, 5) is 27.4. The van der Waals surface area contributed by atoms with E-state index in [0.29, 0.717) is 12.1 Å². The number of primary amides is 1. The van der Waals surface area contributed by atoms with E-state index in [1.165, 1.54) is 12.6 Å². The zero-order chi connectivity index (χ0) is 21.8. The van der Waals surface area contributed by atoms with Gasteiger partial charge in [-0.05, 0) is 49.8 Å². The molecule has 1 unspecified atom stereocenters. The highest BCUT2D eigenvalue weighted by Gasteiger charge is 2.43. The molecule has 31 heavy (non-hydrogen) atoms. The first-order valence-corrected chi connectivity index (χ1v) is 11.3. The van der Waals surface area contributed by atoms with E-state index in [0.717, 1.165) is 62.8 Å². The number of hydrogen-bond donors (Lipinski definition) is 1. The monoisotopic (exact) mass is 424 g/mol. The van der Waals surface area contributed by atoms with E-state index in [1.54, 1.807) is 13.3 Å². The van der Waals surface area contributed by atoms with Gasteiger partial charge >= 0.3 is 0 Å². The van der Waals surface area contributed by atoms with Crippen molar-refractivity contribution < 1.29 is 14.3 Å². The lowest BCUT2D eigenvalue weighted by molar-refractivity contribution is -0.138. The molecule has 1 aliphatic heterocycles. The second-order valence-electron chi connectivity index (χ2n) is 8.82. The normalized spacial score (nSPS) is 21.3. The number of benzene rings is 1. The summed E-state index contributed by atoms with van der Waals surface area (Å²) in [5, 5.41) is 4.34. The van der Waals surface area contributed by atoms with Crippen molar-refractivity contribution in [2.75, 3.05) is 20.2 Å². The second-order valence-corrected chi connectivity index (χ2v) is 8.82. The maximum Gasteiger partial charge on any atom is 0.251 e. The quantitative estimate of drug-likeness (QED) is 0.796. The van der Waals surface area contributed by atoms with Gasteiger partial charge in [0, 0.05) is 19.3 Å². The zero-order valence-electron chi connectivity index (χ0n) is 18.3. The Morgan fingerprint density at radius 1 is 1.06 bits per heavy atom. The fourth-order valence-electron chi connectivity index (χ4n) is 5.21. The number of ether oxygens (including phenoxy) is 1. The molecule has 1 aromatic carbocycles. The van der Waals surface area contributed by atoms with Gasteiger partial charge < -0.3 is 15.4 Å². The molecule has 0 spiro atoms. The smallest absolute Gasteiger partial charge is 0.251 e. The van der Waals surface area contributed by atoms with Crippen molar-refractivity contribution in [2.45, 2.75) is 62.8 Å². The lowest BCUT2D eigenvalue weighted by Crippen LogP contribution is -2.48. The Labute approximate surface area is 183 Å². The van der Waals surface area contributed by atoms with Gasteiger partial charge in [-0.25, -0.2) is 0 Å². The van der Waals surface area contributed by atoms with E-state index in [4.69, 9.17) is 10.5 Å². The number of carbonyl (C=O) groups is 2. The van der Waals surface area contributed by atoms with Crippen molar-refractivity contribution in [1.82, 2.24) is 14.7 Å². The zero-order valence-corrected chi connectivity index (χ0v) is 18.3. The van der Waals surface area contributed by atoms with Crippen molar-refractivity contribution in [3.63, 3.8) is 0 Å². The first-order valence-electron chi connectivity index (χ1n) is 11.3. The SMILES string of the molecule is COc1ccc(C2(C(=O)N3CCCC(n4cc(C(N)=O)cn4)CC3)CCCCC2)cc1. The van der Waals surface area contributed by atoms with E-state index in [1.807, 2.05) is 16.8 Å². The van der Waals surface area contributed by atoms with Crippen molar-refractivity contribution >= 4 is 11.8 Å². The van der Waals surface area contributed by atoms with Gasteiger partial charge in [0.05, 0.1) is 30.3 Å². The summed E-state index contributed by atoms with van der Waals surface area (Å²) < 4.78 is 7.16. The summed E-state index contributed by atoms with van der Waals surface area (Å²) in [5.41, 5.74) is 6.47. The number of likely N-dealkylation sites (tertiary alicyclic amines) is 1. The van der Waals surface area contributed by atoms with E-state index in [2.05, 4.69) is 22.1 Å². The third-order valence-electron chi connectivity index (χ3n) is 7.00. The van der Waals surface area contributed by atoms with Crippen LogP contribution in [0.1, 0.15) is 73.3 Å². The first-order chi connectivity index (χ1) is 15.0. The van der Waals surface area contributed by atoms with Gasteiger partial charge in [0.2, 0.25) is 5.91 Å². The lowest BCUT2D eigenvalue weighted by Gasteiger charge is -2.40. The predicted octanol–water partition coefficient (Wildman–Crippen LogP) is 3.45. The number of nitrogens with two attached hydrogens (primary N) is 1. The van der Waals surface area contributed by atoms with Crippen LogP contribution in [0.2, 0.25) is 0 Å². The predicted molar refractivity (Wildman–Crippen MR) is 118 cm³/mol. The Balaban J connectivity index is 1.52. The molecular weight excluding hydrogens is 392 g/mol. The average molecular weight is 425 g/mol. The van der Waals surface area contributed by atoms with E-state index in [9.17, 15) is 9.59 Å². The molecule has 7 nitrogen and oxygen atoms in total. The van der Waals surface area contributed by atoms with Crippen LogP contribution < -0.4 is 10.5 Å². The molecule has 2 aliphatic rings. The van der Waals surface area contributed by atoms with Crippen molar-refractivity contribution in [3.05, 3.63) is 47.8 Å². The molecule has 1 saturated carbocycles. The van der Waals surface area contributed by atoms with Gasteiger partial charge in [0.1, 0.15) is 5.75 Å². The number of rotatable bonds is 5. The van der Waals surface area contributed by atoms with E-state index in [-0.39, 0.29) is 11.9 Å². The van der Waals surface area contributed by atoms with Crippen LogP contribution in [0.4, 0.5) is 0 Å². The molecule has 1 aliphatic carbocycles. The number of aromatic nitrogens is 2. The van der Waals surface area contributed by atoms with Crippen molar-refractivity contribution in [3.8, 4) is 5.75 Å². The Morgan fingerprint density at radius 3 is 2.45 bits per heavy atom. The van der Waals surface area contributed by atoms with E-state index < -0.39 is 11.3 Å². The maximum absolute atomic E-state index is 13.9. The highest BCUT2D eigenvalue weighted by Crippen LogP contribution is 2.42. The Morgan fingerprint density at radius 2 is 1.81 bits per heavy atom. The molecule has 4 rings (SSSR count). The molecule has 0 bridgehead atoms. The van der Waals surface area contributed by atoms with Crippen LogP contribution in [0, 0.1) is 0 Å². The largest absolute Gasteiger partial charge is 0.497 e. The minimum atomic E-state index is -0.463. The van der Waals surface area contributed by atoms with Crippen LogP contribution in [0.15, 0.2) is 36.7 Å². The van der Waals surface area contributed by atoms with Crippen LogP contribution in [-0.2, 0) is 10.2 Å². The Kier molecular flexibility index (Phi) is 6.30.